The standard InChI is InChI=1S/C22H28N4O/c1-22(2,3)15-5-8-20(27)17(13-15)21-23-18-7-6-16(14-19(18)24-21)26-11-9-25(4)10-12-26/h5-8,13-14,27H,9-12H2,1-4H3,(H,23,24). The van der Waals surface area contributed by atoms with E-state index in [0.717, 1.165) is 42.8 Å². The van der Waals surface area contributed by atoms with Crippen LogP contribution in [0.5, 0.6) is 5.75 Å². The summed E-state index contributed by atoms with van der Waals surface area (Å²) >= 11 is 0. The summed E-state index contributed by atoms with van der Waals surface area (Å²) < 4.78 is 0. The lowest BCUT2D eigenvalue weighted by Gasteiger charge is -2.34. The molecule has 2 heterocycles. The average molecular weight is 364 g/mol. The molecule has 0 spiro atoms. The number of imidazole rings is 1. The Morgan fingerprint density at radius 2 is 1.74 bits per heavy atom. The van der Waals surface area contributed by atoms with Gasteiger partial charge in [-0.2, -0.15) is 0 Å². The van der Waals surface area contributed by atoms with Gasteiger partial charge in [-0.05, 0) is 48.4 Å². The fraction of sp³-hybridized carbons (Fsp3) is 0.409. The molecule has 1 fully saturated rings. The molecule has 0 atom stereocenters. The molecule has 0 radical (unpaired) electrons. The van der Waals surface area contributed by atoms with Gasteiger partial charge in [-0.3, -0.25) is 0 Å². The minimum absolute atomic E-state index is 0.0169. The SMILES string of the molecule is CN1CCN(c2ccc3nc(-c4cc(C(C)(C)C)ccc4O)[nH]c3c2)CC1. The lowest BCUT2D eigenvalue weighted by atomic mass is 9.86. The Labute approximate surface area is 160 Å². The number of hydrogen-bond acceptors (Lipinski definition) is 4. The molecule has 1 aromatic heterocycles. The number of aromatic amines is 1. The van der Waals surface area contributed by atoms with Crippen LogP contribution in [0.3, 0.4) is 0 Å². The average Bonchev–Trinajstić information content (AvgIpc) is 3.04. The van der Waals surface area contributed by atoms with Gasteiger partial charge in [0.25, 0.3) is 0 Å². The van der Waals surface area contributed by atoms with E-state index in [2.05, 4.69) is 60.8 Å². The third-order valence-corrected chi connectivity index (χ3v) is 5.45. The summed E-state index contributed by atoms with van der Waals surface area (Å²) in [4.78, 5) is 12.9. The van der Waals surface area contributed by atoms with Gasteiger partial charge in [0.1, 0.15) is 11.6 Å². The molecule has 0 bridgehead atoms. The largest absolute Gasteiger partial charge is 0.507 e. The van der Waals surface area contributed by atoms with Crippen molar-refractivity contribution >= 4 is 16.7 Å². The molecule has 1 aliphatic heterocycles. The van der Waals surface area contributed by atoms with Crippen molar-refractivity contribution < 1.29 is 5.11 Å². The summed E-state index contributed by atoms with van der Waals surface area (Å²) in [5.74, 6) is 0.963. The summed E-state index contributed by atoms with van der Waals surface area (Å²) in [6.07, 6.45) is 0. The fourth-order valence-corrected chi connectivity index (χ4v) is 3.58. The number of nitrogens with one attached hydrogen (secondary N) is 1. The topological polar surface area (TPSA) is 55.4 Å². The molecule has 5 heteroatoms. The smallest absolute Gasteiger partial charge is 0.142 e. The summed E-state index contributed by atoms with van der Waals surface area (Å²) in [6, 6.07) is 12.2. The molecular weight excluding hydrogens is 336 g/mol. The Kier molecular flexibility index (Phi) is 4.35. The highest BCUT2D eigenvalue weighted by molar-refractivity contribution is 5.84. The van der Waals surface area contributed by atoms with Crippen LogP contribution in [0.2, 0.25) is 0 Å². The minimum Gasteiger partial charge on any atom is -0.507 e. The molecule has 3 aromatic rings. The Morgan fingerprint density at radius 3 is 2.44 bits per heavy atom. The van der Waals surface area contributed by atoms with Crippen molar-refractivity contribution in [2.45, 2.75) is 26.2 Å². The van der Waals surface area contributed by atoms with Crippen molar-refractivity contribution in [3.8, 4) is 17.1 Å². The van der Waals surface area contributed by atoms with Crippen LogP contribution in [0.4, 0.5) is 5.69 Å². The van der Waals surface area contributed by atoms with Crippen LogP contribution in [-0.4, -0.2) is 53.2 Å². The maximum Gasteiger partial charge on any atom is 0.142 e. The normalized spacial score (nSPS) is 16.2. The van der Waals surface area contributed by atoms with E-state index in [-0.39, 0.29) is 11.2 Å². The van der Waals surface area contributed by atoms with Gasteiger partial charge >= 0.3 is 0 Å². The summed E-state index contributed by atoms with van der Waals surface area (Å²) in [5.41, 5.74) is 5.08. The molecule has 1 aliphatic rings. The predicted octanol–water partition coefficient (Wildman–Crippen LogP) is 3.98. The lowest BCUT2D eigenvalue weighted by Crippen LogP contribution is -2.44. The van der Waals surface area contributed by atoms with E-state index in [0.29, 0.717) is 5.82 Å². The van der Waals surface area contributed by atoms with E-state index >= 15 is 0 Å². The molecular formula is C22H28N4O. The zero-order chi connectivity index (χ0) is 19.2. The van der Waals surface area contributed by atoms with E-state index in [4.69, 9.17) is 4.98 Å². The molecule has 0 amide bonds. The van der Waals surface area contributed by atoms with Crippen LogP contribution in [0.15, 0.2) is 36.4 Å². The third-order valence-electron chi connectivity index (χ3n) is 5.45. The Morgan fingerprint density at radius 1 is 1.00 bits per heavy atom. The van der Waals surface area contributed by atoms with E-state index in [1.807, 2.05) is 12.1 Å². The van der Waals surface area contributed by atoms with Gasteiger partial charge in [-0.25, -0.2) is 4.98 Å². The zero-order valence-electron chi connectivity index (χ0n) is 16.6. The van der Waals surface area contributed by atoms with Crippen LogP contribution in [0.1, 0.15) is 26.3 Å². The first-order valence-electron chi connectivity index (χ1n) is 9.58. The molecule has 0 aliphatic carbocycles. The molecule has 0 saturated carbocycles. The maximum absolute atomic E-state index is 10.4. The van der Waals surface area contributed by atoms with E-state index in [1.165, 1.54) is 11.3 Å². The monoisotopic (exact) mass is 364 g/mol. The highest BCUT2D eigenvalue weighted by Crippen LogP contribution is 2.34. The van der Waals surface area contributed by atoms with Gasteiger partial charge in [0.05, 0.1) is 16.6 Å². The van der Waals surface area contributed by atoms with Gasteiger partial charge in [-0.1, -0.05) is 26.8 Å². The molecule has 2 aromatic carbocycles. The molecule has 1 saturated heterocycles. The molecule has 27 heavy (non-hydrogen) atoms. The number of piperazine rings is 1. The van der Waals surface area contributed by atoms with Gasteiger partial charge in [0.15, 0.2) is 0 Å². The number of aromatic nitrogens is 2. The summed E-state index contributed by atoms with van der Waals surface area (Å²) in [7, 11) is 2.17. The van der Waals surface area contributed by atoms with E-state index in [9.17, 15) is 5.11 Å². The van der Waals surface area contributed by atoms with Gasteiger partial charge in [0, 0.05) is 31.9 Å². The quantitative estimate of drug-likeness (QED) is 0.722. The molecule has 0 unspecified atom stereocenters. The molecule has 2 N–H and O–H groups in total. The van der Waals surface area contributed by atoms with Crippen molar-refractivity contribution in [2.75, 3.05) is 38.1 Å². The second kappa shape index (κ2) is 6.57. The van der Waals surface area contributed by atoms with Gasteiger partial charge in [0.2, 0.25) is 0 Å². The number of rotatable bonds is 2. The van der Waals surface area contributed by atoms with Gasteiger partial charge < -0.3 is 19.9 Å². The number of likely N-dealkylation sites (N-methyl/N-ethyl adjacent to an activating group) is 1. The van der Waals surface area contributed by atoms with Crippen molar-refractivity contribution in [1.82, 2.24) is 14.9 Å². The number of phenolic OH excluding ortho intramolecular Hbond substituents is 1. The van der Waals surface area contributed by atoms with Crippen LogP contribution in [-0.2, 0) is 5.41 Å². The van der Waals surface area contributed by atoms with Crippen LogP contribution in [0.25, 0.3) is 22.4 Å². The first kappa shape index (κ1) is 17.9. The number of aromatic hydroxyl groups is 1. The fourth-order valence-electron chi connectivity index (χ4n) is 3.58. The number of nitrogens with zero attached hydrogens (tertiary/aromatic N) is 3. The van der Waals surface area contributed by atoms with Gasteiger partial charge in [-0.15, -0.1) is 0 Å². The summed E-state index contributed by atoms with van der Waals surface area (Å²) in [6.45, 7) is 10.8. The first-order chi connectivity index (χ1) is 12.8. The Balaban J connectivity index is 1.70. The number of hydrogen-bond donors (Lipinski definition) is 2. The molecule has 142 valence electrons. The van der Waals surface area contributed by atoms with E-state index < -0.39 is 0 Å². The maximum atomic E-state index is 10.4. The van der Waals surface area contributed by atoms with Crippen LogP contribution < -0.4 is 4.90 Å². The number of H-pyrrole nitrogens is 1. The van der Waals surface area contributed by atoms with Crippen LogP contribution >= 0.6 is 0 Å². The predicted molar refractivity (Wildman–Crippen MR) is 112 cm³/mol. The van der Waals surface area contributed by atoms with Crippen molar-refractivity contribution in [2.24, 2.45) is 0 Å². The Hall–Kier alpha value is -2.53. The lowest BCUT2D eigenvalue weighted by molar-refractivity contribution is 0.313. The second-order valence-electron chi connectivity index (χ2n) is 8.56. The molecule has 5 nitrogen and oxygen atoms in total. The number of phenols is 1. The second-order valence-corrected chi connectivity index (χ2v) is 8.56. The van der Waals surface area contributed by atoms with Crippen molar-refractivity contribution in [1.29, 1.82) is 0 Å². The number of fused-ring (bicyclic) bond motifs is 1. The molecule has 4 rings (SSSR count). The highest BCUT2D eigenvalue weighted by Gasteiger charge is 2.19. The number of benzene rings is 2. The Bertz CT molecular complexity index is 962. The summed E-state index contributed by atoms with van der Waals surface area (Å²) in [5, 5.41) is 10.4. The van der Waals surface area contributed by atoms with Crippen molar-refractivity contribution in [3.05, 3.63) is 42.0 Å². The van der Waals surface area contributed by atoms with E-state index in [1.54, 1.807) is 6.07 Å². The highest BCUT2D eigenvalue weighted by atomic mass is 16.3. The minimum atomic E-state index is 0.0169. The zero-order valence-corrected chi connectivity index (χ0v) is 16.6. The number of anilines is 1. The third kappa shape index (κ3) is 3.52. The first-order valence-corrected chi connectivity index (χ1v) is 9.58. The van der Waals surface area contributed by atoms with Crippen molar-refractivity contribution in [3.63, 3.8) is 0 Å². The van der Waals surface area contributed by atoms with Crippen LogP contribution in [0, 0.1) is 0 Å².